The topological polar surface area (TPSA) is 88.2 Å². The van der Waals surface area contributed by atoms with Gasteiger partial charge in [-0.25, -0.2) is 0 Å². The van der Waals surface area contributed by atoms with Crippen LogP contribution in [-0.4, -0.2) is 54.8 Å². The van der Waals surface area contributed by atoms with Crippen molar-refractivity contribution in [3.05, 3.63) is 58.5 Å². The predicted octanol–water partition coefficient (Wildman–Crippen LogP) is 5.40. The minimum atomic E-state index is -0.511. The lowest BCUT2D eigenvalue weighted by Crippen LogP contribution is -2.44. The summed E-state index contributed by atoms with van der Waals surface area (Å²) in [5.41, 5.74) is 4.33. The fraction of sp³-hybridized carbons (Fsp3) is 0.321. The van der Waals surface area contributed by atoms with E-state index in [9.17, 15) is 14.4 Å². The molecule has 2 aromatic rings. The van der Waals surface area contributed by atoms with E-state index in [4.69, 9.17) is 9.47 Å². The van der Waals surface area contributed by atoms with Crippen molar-refractivity contribution >= 4 is 51.8 Å². The van der Waals surface area contributed by atoms with Crippen molar-refractivity contribution in [2.75, 3.05) is 37.5 Å². The summed E-state index contributed by atoms with van der Waals surface area (Å²) in [6.07, 6.45) is 3.89. The molecule has 2 heterocycles. The second-order valence-corrected chi connectivity index (χ2v) is 10.4. The maximum absolute atomic E-state index is 13.1. The van der Waals surface area contributed by atoms with Crippen LogP contribution < -0.4 is 19.7 Å². The van der Waals surface area contributed by atoms with E-state index in [0.717, 1.165) is 40.0 Å². The first kappa shape index (κ1) is 26.3. The van der Waals surface area contributed by atoms with Crippen LogP contribution in [0, 0.1) is 0 Å². The SMILES string of the molecule is CCN1c2cc(OC)c(/C=C3/SC(=O)N(CC(=O)Nc4ccc(OC)cc4)C3=O)cc2C(C)=CC1(C)C. The van der Waals surface area contributed by atoms with Crippen molar-refractivity contribution < 1.29 is 23.9 Å². The molecule has 0 aromatic heterocycles. The minimum absolute atomic E-state index is 0.145. The van der Waals surface area contributed by atoms with Gasteiger partial charge in [-0.05, 0) is 81.4 Å². The van der Waals surface area contributed by atoms with Gasteiger partial charge in [0.25, 0.3) is 11.1 Å². The molecule has 1 saturated heterocycles. The van der Waals surface area contributed by atoms with Crippen LogP contribution >= 0.6 is 11.8 Å². The van der Waals surface area contributed by atoms with Gasteiger partial charge in [0.2, 0.25) is 5.91 Å². The number of rotatable bonds is 7. The Morgan fingerprint density at radius 1 is 1.11 bits per heavy atom. The Morgan fingerprint density at radius 3 is 2.43 bits per heavy atom. The highest BCUT2D eigenvalue weighted by atomic mass is 32.2. The van der Waals surface area contributed by atoms with Gasteiger partial charge in [-0.1, -0.05) is 6.08 Å². The smallest absolute Gasteiger partial charge is 0.294 e. The third-order valence-corrected chi connectivity index (χ3v) is 7.39. The first-order chi connectivity index (χ1) is 17.6. The standard InChI is InChI=1S/C28H31N3O5S/c1-7-31-22-14-23(36-6)18(12-21(22)17(2)15-28(31,3)4)13-24-26(33)30(27(34)37-24)16-25(32)29-19-8-10-20(35-5)11-9-19/h8-15H,7,16H2,1-6H3,(H,29,32)/b24-13+. The monoisotopic (exact) mass is 521 g/mol. The normalized spacial score (nSPS) is 17.6. The quantitative estimate of drug-likeness (QED) is 0.488. The first-order valence-corrected chi connectivity index (χ1v) is 12.8. The minimum Gasteiger partial charge on any atom is -0.497 e. The summed E-state index contributed by atoms with van der Waals surface area (Å²) in [6.45, 7) is 8.97. The highest BCUT2D eigenvalue weighted by Crippen LogP contribution is 2.43. The molecule has 0 bridgehead atoms. The molecule has 2 aliphatic rings. The molecular formula is C28H31N3O5S. The van der Waals surface area contributed by atoms with Crippen LogP contribution in [0.2, 0.25) is 0 Å². The lowest BCUT2D eigenvalue weighted by atomic mass is 9.87. The summed E-state index contributed by atoms with van der Waals surface area (Å²) >= 11 is 0.813. The number of anilines is 2. The van der Waals surface area contributed by atoms with Crippen LogP contribution in [0.5, 0.6) is 11.5 Å². The summed E-state index contributed by atoms with van der Waals surface area (Å²) < 4.78 is 10.8. The summed E-state index contributed by atoms with van der Waals surface area (Å²) in [5, 5.41) is 2.21. The zero-order chi connectivity index (χ0) is 26.9. The summed E-state index contributed by atoms with van der Waals surface area (Å²) in [6, 6.07) is 10.8. The first-order valence-electron chi connectivity index (χ1n) is 12.0. The number of amides is 3. The van der Waals surface area contributed by atoms with Crippen LogP contribution in [0.3, 0.4) is 0 Å². The Bertz CT molecular complexity index is 1310. The van der Waals surface area contributed by atoms with Crippen molar-refractivity contribution in [1.82, 2.24) is 4.90 Å². The molecular weight excluding hydrogens is 490 g/mol. The number of benzene rings is 2. The molecule has 2 aliphatic heterocycles. The van der Waals surface area contributed by atoms with E-state index >= 15 is 0 Å². The zero-order valence-corrected chi connectivity index (χ0v) is 22.7. The van der Waals surface area contributed by atoms with E-state index in [0.29, 0.717) is 22.7 Å². The Kier molecular flexibility index (Phi) is 7.36. The molecule has 0 radical (unpaired) electrons. The van der Waals surface area contributed by atoms with E-state index < -0.39 is 17.1 Å². The number of nitrogens with zero attached hydrogens (tertiary/aromatic N) is 2. The maximum Gasteiger partial charge on any atom is 0.294 e. The fourth-order valence-electron chi connectivity index (χ4n) is 4.78. The number of allylic oxidation sites excluding steroid dienone is 1. The van der Waals surface area contributed by atoms with Gasteiger partial charge < -0.3 is 19.7 Å². The lowest BCUT2D eigenvalue weighted by molar-refractivity contribution is -0.127. The molecule has 0 saturated carbocycles. The number of thioether (sulfide) groups is 1. The predicted molar refractivity (Wildman–Crippen MR) is 148 cm³/mol. The number of imide groups is 1. The van der Waals surface area contributed by atoms with Crippen LogP contribution in [0.15, 0.2) is 47.4 Å². The molecule has 2 aromatic carbocycles. The molecule has 8 nitrogen and oxygen atoms in total. The molecule has 0 spiro atoms. The third-order valence-electron chi connectivity index (χ3n) is 6.48. The van der Waals surface area contributed by atoms with Gasteiger partial charge in [-0.2, -0.15) is 0 Å². The van der Waals surface area contributed by atoms with Gasteiger partial charge >= 0.3 is 0 Å². The average molecular weight is 522 g/mol. The maximum atomic E-state index is 13.1. The average Bonchev–Trinajstić information content (AvgIpc) is 3.11. The number of likely N-dealkylation sites (N-methyl/N-ethyl adjacent to an activating group) is 1. The largest absolute Gasteiger partial charge is 0.497 e. The van der Waals surface area contributed by atoms with Crippen LogP contribution in [0.4, 0.5) is 16.2 Å². The molecule has 1 N–H and O–H groups in total. The fourth-order valence-corrected chi connectivity index (χ4v) is 5.61. The van der Waals surface area contributed by atoms with E-state index in [1.165, 1.54) is 0 Å². The second-order valence-electron chi connectivity index (χ2n) is 9.38. The van der Waals surface area contributed by atoms with E-state index in [1.54, 1.807) is 44.6 Å². The molecule has 0 atom stereocenters. The van der Waals surface area contributed by atoms with Gasteiger partial charge in [0.1, 0.15) is 18.0 Å². The third kappa shape index (κ3) is 5.22. The van der Waals surface area contributed by atoms with Crippen molar-refractivity contribution in [3.8, 4) is 11.5 Å². The summed E-state index contributed by atoms with van der Waals surface area (Å²) in [4.78, 5) is 41.8. The number of ether oxygens (including phenoxy) is 2. The Morgan fingerprint density at radius 2 is 1.81 bits per heavy atom. The Balaban J connectivity index is 1.57. The number of hydrogen-bond donors (Lipinski definition) is 1. The van der Waals surface area contributed by atoms with E-state index in [1.807, 2.05) is 12.1 Å². The van der Waals surface area contributed by atoms with Crippen LogP contribution in [0.25, 0.3) is 11.6 Å². The Labute approximate surface area is 221 Å². The van der Waals surface area contributed by atoms with Gasteiger partial charge in [0.15, 0.2) is 0 Å². The number of hydrogen-bond acceptors (Lipinski definition) is 7. The van der Waals surface area contributed by atoms with E-state index in [-0.39, 0.29) is 17.0 Å². The molecule has 9 heteroatoms. The number of carbonyl (C=O) groups excluding carboxylic acids is 3. The summed E-state index contributed by atoms with van der Waals surface area (Å²) in [7, 11) is 3.14. The van der Waals surface area contributed by atoms with Gasteiger partial charge in [-0.3, -0.25) is 19.3 Å². The molecule has 194 valence electrons. The van der Waals surface area contributed by atoms with Gasteiger partial charge in [0.05, 0.1) is 24.7 Å². The van der Waals surface area contributed by atoms with Crippen molar-refractivity contribution in [2.24, 2.45) is 0 Å². The summed E-state index contributed by atoms with van der Waals surface area (Å²) in [5.74, 6) is 0.279. The van der Waals surface area contributed by atoms with Crippen LogP contribution in [0.1, 0.15) is 38.8 Å². The Hall–Kier alpha value is -3.72. The number of methoxy groups -OCH3 is 2. The van der Waals surface area contributed by atoms with Crippen LogP contribution in [-0.2, 0) is 9.59 Å². The number of fused-ring (bicyclic) bond motifs is 1. The highest BCUT2D eigenvalue weighted by Gasteiger charge is 2.37. The van der Waals surface area contributed by atoms with Crippen molar-refractivity contribution in [3.63, 3.8) is 0 Å². The van der Waals surface area contributed by atoms with Crippen molar-refractivity contribution in [1.29, 1.82) is 0 Å². The lowest BCUT2D eigenvalue weighted by Gasteiger charge is -2.43. The number of nitrogens with one attached hydrogen (secondary N) is 1. The molecule has 0 unspecified atom stereocenters. The molecule has 1 fully saturated rings. The van der Waals surface area contributed by atoms with Gasteiger partial charge in [0, 0.05) is 35.1 Å². The molecule has 4 rings (SSSR count). The van der Waals surface area contributed by atoms with Gasteiger partial charge in [-0.15, -0.1) is 0 Å². The zero-order valence-electron chi connectivity index (χ0n) is 21.9. The molecule has 37 heavy (non-hydrogen) atoms. The second kappa shape index (κ2) is 10.3. The van der Waals surface area contributed by atoms with Crippen molar-refractivity contribution in [2.45, 2.75) is 33.2 Å². The van der Waals surface area contributed by atoms with E-state index in [2.05, 4.69) is 44.0 Å². The molecule has 0 aliphatic carbocycles. The molecule has 3 amide bonds. The number of carbonyl (C=O) groups is 3. The highest BCUT2D eigenvalue weighted by molar-refractivity contribution is 8.18.